The molecule has 28 heavy (non-hydrogen) atoms. The molecule has 3 rings (SSSR count). The smallest absolute Gasteiger partial charge is 0.387 e. The number of nitrogens with zero attached hydrogens (tertiary/aromatic N) is 2. The molecule has 0 saturated carbocycles. The van der Waals surface area contributed by atoms with Crippen LogP contribution in [0.25, 0.3) is 0 Å². The van der Waals surface area contributed by atoms with Crippen LogP contribution in [0.15, 0.2) is 42.7 Å². The van der Waals surface area contributed by atoms with Gasteiger partial charge in [0, 0.05) is 36.1 Å². The second-order valence-electron chi connectivity index (χ2n) is 6.69. The Balaban J connectivity index is 1.65. The van der Waals surface area contributed by atoms with Crippen LogP contribution in [-0.4, -0.2) is 35.0 Å². The van der Waals surface area contributed by atoms with Crippen molar-refractivity contribution in [1.29, 1.82) is 0 Å². The maximum absolute atomic E-state index is 12.8. The number of carbonyl (C=O) groups is 1. The van der Waals surface area contributed by atoms with Crippen LogP contribution < -0.4 is 10.1 Å². The van der Waals surface area contributed by atoms with Crippen molar-refractivity contribution in [2.75, 3.05) is 6.54 Å². The molecule has 1 saturated heterocycles. The molecule has 1 aliphatic rings. The van der Waals surface area contributed by atoms with Crippen molar-refractivity contribution in [1.82, 2.24) is 15.2 Å². The highest BCUT2D eigenvalue weighted by molar-refractivity contribution is 6.30. The lowest BCUT2D eigenvalue weighted by Crippen LogP contribution is -2.48. The summed E-state index contributed by atoms with van der Waals surface area (Å²) in [7, 11) is 0. The summed E-state index contributed by atoms with van der Waals surface area (Å²) in [5.74, 6) is -0.117. The van der Waals surface area contributed by atoms with Crippen molar-refractivity contribution in [2.24, 2.45) is 0 Å². The molecule has 1 N–H and O–H groups in total. The van der Waals surface area contributed by atoms with Crippen molar-refractivity contribution >= 4 is 17.5 Å². The molecule has 1 aromatic heterocycles. The molecule has 1 aliphatic heterocycles. The first-order valence-electron chi connectivity index (χ1n) is 9.17. The van der Waals surface area contributed by atoms with Crippen molar-refractivity contribution < 1.29 is 18.3 Å². The van der Waals surface area contributed by atoms with E-state index in [-0.39, 0.29) is 24.2 Å². The van der Waals surface area contributed by atoms with Gasteiger partial charge in [-0.2, -0.15) is 8.78 Å². The number of piperidine rings is 1. The maximum Gasteiger partial charge on any atom is 0.387 e. The van der Waals surface area contributed by atoms with E-state index in [0.717, 1.165) is 31.4 Å². The Labute approximate surface area is 167 Å². The summed E-state index contributed by atoms with van der Waals surface area (Å²) in [6.45, 7) is -1.37. The first-order valence-corrected chi connectivity index (χ1v) is 9.54. The number of halogens is 3. The molecule has 150 valence electrons. The summed E-state index contributed by atoms with van der Waals surface area (Å²) in [6.07, 6.45) is 6.24. The van der Waals surface area contributed by atoms with E-state index in [2.05, 4.69) is 19.9 Å². The number of aromatic nitrogens is 1. The third-order valence-corrected chi connectivity index (χ3v) is 4.98. The van der Waals surface area contributed by atoms with Gasteiger partial charge in [0.25, 0.3) is 0 Å². The van der Waals surface area contributed by atoms with Gasteiger partial charge in [-0.1, -0.05) is 18.0 Å². The number of likely N-dealkylation sites (tertiary alicyclic amines) is 1. The lowest BCUT2D eigenvalue weighted by molar-refractivity contribution is -0.128. The fourth-order valence-corrected chi connectivity index (χ4v) is 3.59. The highest BCUT2D eigenvalue weighted by Gasteiger charge is 2.28. The van der Waals surface area contributed by atoms with Crippen molar-refractivity contribution in [3.8, 4) is 5.75 Å². The van der Waals surface area contributed by atoms with Crippen molar-refractivity contribution in [3.63, 3.8) is 0 Å². The minimum Gasteiger partial charge on any atom is -0.434 e. The summed E-state index contributed by atoms with van der Waals surface area (Å²) in [5.41, 5.74) is 1.51. The zero-order valence-corrected chi connectivity index (χ0v) is 16.0. The molecule has 1 atom stereocenters. The van der Waals surface area contributed by atoms with E-state index in [1.54, 1.807) is 12.4 Å². The number of alkyl halides is 2. The number of nitrogens with one attached hydrogen (secondary N) is 1. The van der Waals surface area contributed by atoms with Crippen LogP contribution >= 0.6 is 11.6 Å². The van der Waals surface area contributed by atoms with Crippen molar-refractivity contribution in [3.05, 3.63) is 58.9 Å². The quantitative estimate of drug-likeness (QED) is 0.750. The van der Waals surface area contributed by atoms with Gasteiger partial charge in [0.2, 0.25) is 5.91 Å². The number of benzene rings is 1. The largest absolute Gasteiger partial charge is 0.434 e. The first-order chi connectivity index (χ1) is 13.5. The van der Waals surface area contributed by atoms with Crippen LogP contribution in [0, 0.1) is 0 Å². The van der Waals surface area contributed by atoms with Crippen LogP contribution in [0.5, 0.6) is 5.75 Å². The van der Waals surface area contributed by atoms with Gasteiger partial charge in [-0.25, -0.2) is 0 Å². The monoisotopic (exact) mass is 409 g/mol. The fraction of sp³-hybridized carbons (Fsp3) is 0.400. The van der Waals surface area contributed by atoms with E-state index in [1.807, 2.05) is 12.1 Å². The molecule has 0 radical (unpaired) electrons. The van der Waals surface area contributed by atoms with E-state index >= 15 is 0 Å². The zero-order chi connectivity index (χ0) is 19.9. The predicted octanol–water partition coefficient (Wildman–Crippen LogP) is 4.01. The SMILES string of the molecule is O=C(NCc1cc(Cl)ccc1OC(F)F)C1CCCCN1Cc1ccncc1. The number of pyridine rings is 1. The van der Waals surface area contributed by atoms with Gasteiger partial charge in [-0.15, -0.1) is 0 Å². The van der Waals surface area contributed by atoms with E-state index in [9.17, 15) is 13.6 Å². The highest BCUT2D eigenvalue weighted by atomic mass is 35.5. The number of amides is 1. The lowest BCUT2D eigenvalue weighted by Gasteiger charge is -2.34. The second kappa shape index (κ2) is 9.80. The van der Waals surface area contributed by atoms with Gasteiger partial charge < -0.3 is 10.1 Å². The van der Waals surface area contributed by atoms with E-state index in [0.29, 0.717) is 17.1 Å². The third kappa shape index (κ3) is 5.62. The zero-order valence-electron chi connectivity index (χ0n) is 15.3. The standard InChI is InChI=1S/C20H22ClF2N3O2/c21-16-4-5-18(28-20(22)23)15(11-16)12-25-19(27)17-3-1-2-10-26(17)13-14-6-8-24-9-7-14/h4-9,11,17,20H,1-3,10,12-13H2,(H,25,27). The van der Waals surface area contributed by atoms with Crippen molar-refractivity contribution in [2.45, 2.75) is 45.0 Å². The summed E-state index contributed by atoms with van der Waals surface area (Å²) in [4.78, 5) is 19.0. The van der Waals surface area contributed by atoms with Crippen LogP contribution in [-0.2, 0) is 17.9 Å². The molecule has 0 aliphatic carbocycles. The predicted molar refractivity (Wildman–Crippen MR) is 102 cm³/mol. The Morgan fingerprint density at radius 2 is 2.07 bits per heavy atom. The molecular formula is C20H22ClF2N3O2. The van der Waals surface area contributed by atoms with E-state index in [4.69, 9.17) is 11.6 Å². The average Bonchev–Trinajstić information content (AvgIpc) is 2.69. The first kappa shape index (κ1) is 20.5. The molecule has 2 heterocycles. The molecule has 0 bridgehead atoms. The van der Waals surface area contributed by atoms with Crippen LogP contribution in [0.3, 0.4) is 0 Å². The molecule has 2 aromatic rings. The van der Waals surface area contributed by atoms with Gasteiger partial charge in [-0.05, 0) is 55.3 Å². The van der Waals surface area contributed by atoms with Gasteiger partial charge >= 0.3 is 6.61 Å². The summed E-state index contributed by atoms with van der Waals surface area (Å²) in [5, 5.41) is 3.24. The van der Waals surface area contributed by atoms with Gasteiger partial charge in [-0.3, -0.25) is 14.7 Å². The molecule has 1 unspecified atom stereocenters. The Morgan fingerprint density at radius 3 is 2.82 bits per heavy atom. The second-order valence-corrected chi connectivity index (χ2v) is 7.12. The average molecular weight is 410 g/mol. The maximum atomic E-state index is 12.8. The Bertz CT molecular complexity index is 792. The van der Waals surface area contributed by atoms with Gasteiger partial charge in [0.1, 0.15) is 5.75 Å². The number of carbonyl (C=O) groups excluding carboxylic acids is 1. The van der Waals surface area contributed by atoms with Gasteiger partial charge in [0.15, 0.2) is 0 Å². The van der Waals surface area contributed by atoms with Crippen LogP contribution in [0.2, 0.25) is 5.02 Å². The highest BCUT2D eigenvalue weighted by Crippen LogP contribution is 2.25. The molecular weight excluding hydrogens is 388 g/mol. The van der Waals surface area contributed by atoms with Gasteiger partial charge in [0.05, 0.1) is 6.04 Å². The Kier molecular flexibility index (Phi) is 7.17. The van der Waals surface area contributed by atoms with Crippen LogP contribution in [0.4, 0.5) is 8.78 Å². The minimum atomic E-state index is -2.94. The Hall–Kier alpha value is -2.25. The topological polar surface area (TPSA) is 54.5 Å². The molecule has 8 heteroatoms. The number of hydrogen-bond donors (Lipinski definition) is 1. The fourth-order valence-electron chi connectivity index (χ4n) is 3.40. The molecule has 0 spiro atoms. The van der Waals surface area contributed by atoms with E-state index in [1.165, 1.54) is 18.2 Å². The summed E-state index contributed by atoms with van der Waals surface area (Å²) < 4.78 is 29.7. The molecule has 5 nitrogen and oxygen atoms in total. The lowest BCUT2D eigenvalue weighted by atomic mass is 10.0. The normalized spacial score (nSPS) is 17.5. The third-order valence-electron chi connectivity index (χ3n) is 4.74. The van der Waals surface area contributed by atoms with Crippen LogP contribution in [0.1, 0.15) is 30.4 Å². The van der Waals surface area contributed by atoms with E-state index < -0.39 is 6.61 Å². The Morgan fingerprint density at radius 1 is 1.29 bits per heavy atom. The summed E-state index contributed by atoms with van der Waals surface area (Å²) in [6, 6.07) is 7.98. The number of hydrogen-bond acceptors (Lipinski definition) is 4. The molecule has 1 fully saturated rings. The summed E-state index contributed by atoms with van der Waals surface area (Å²) >= 11 is 5.96. The number of rotatable bonds is 7. The molecule has 1 aromatic carbocycles. The number of ether oxygens (including phenoxy) is 1. The minimum absolute atomic E-state index is 0.0111. The molecule has 1 amide bonds.